The Morgan fingerprint density at radius 2 is 1.89 bits per heavy atom. The molecule has 0 saturated carbocycles. The number of carbonyl (C=O) groups excluding carboxylic acids is 2. The first-order chi connectivity index (χ1) is 17.2. The maximum Gasteiger partial charge on any atom is 0.253 e. The molecule has 0 radical (unpaired) electrons. The molecule has 5 heterocycles. The van der Waals surface area contributed by atoms with Gasteiger partial charge in [0.15, 0.2) is 0 Å². The predicted molar refractivity (Wildman–Crippen MR) is 132 cm³/mol. The van der Waals surface area contributed by atoms with E-state index in [0.29, 0.717) is 37.6 Å². The zero-order valence-electron chi connectivity index (χ0n) is 19.8. The number of hydrogen-bond acceptors (Lipinski definition) is 6. The van der Waals surface area contributed by atoms with Crippen LogP contribution < -0.4 is 15.1 Å². The molecule has 2 amide bonds. The van der Waals surface area contributed by atoms with E-state index in [9.17, 15) is 14.9 Å². The second-order valence-electron chi connectivity index (χ2n) is 9.99. The smallest absolute Gasteiger partial charge is 0.253 e. The maximum absolute atomic E-state index is 14.3. The van der Waals surface area contributed by atoms with E-state index in [1.54, 1.807) is 18.3 Å². The van der Waals surface area contributed by atoms with Crippen LogP contribution in [-0.4, -0.2) is 60.5 Å². The molecule has 1 aromatic heterocycles. The summed E-state index contributed by atoms with van der Waals surface area (Å²) in [7, 11) is 0. The van der Waals surface area contributed by atoms with Gasteiger partial charge in [0.05, 0.1) is 11.5 Å². The van der Waals surface area contributed by atoms with E-state index in [4.69, 9.17) is 0 Å². The fraction of sp³-hybridized carbons (Fsp3) is 0.481. The average molecular weight is 471 g/mol. The number of nitrogens with zero attached hydrogens (tertiary/aromatic N) is 5. The molecule has 6 rings (SSSR count). The number of hydrogen-bond donors (Lipinski definition) is 1. The van der Waals surface area contributed by atoms with Crippen molar-refractivity contribution in [3.05, 3.63) is 53.7 Å². The number of amides is 2. The molecule has 180 valence electrons. The van der Waals surface area contributed by atoms with Crippen LogP contribution >= 0.6 is 0 Å². The van der Waals surface area contributed by atoms with E-state index in [-0.39, 0.29) is 23.8 Å². The van der Waals surface area contributed by atoms with Crippen LogP contribution in [0, 0.1) is 17.2 Å². The number of fused-ring (bicyclic) bond motifs is 4. The minimum Gasteiger partial charge on any atom is -0.356 e. The van der Waals surface area contributed by atoms with Gasteiger partial charge in [0, 0.05) is 49.7 Å². The van der Waals surface area contributed by atoms with E-state index in [1.807, 2.05) is 23.1 Å². The summed E-state index contributed by atoms with van der Waals surface area (Å²) in [5.74, 6) is 0.303. The Morgan fingerprint density at radius 1 is 1.03 bits per heavy atom. The highest BCUT2D eigenvalue weighted by Crippen LogP contribution is 2.57. The largest absolute Gasteiger partial charge is 0.356 e. The number of pyridine rings is 1. The molecule has 2 aromatic rings. The summed E-state index contributed by atoms with van der Waals surface area (Å²) < 4.78 is 0. The maximum atomic E-state index is 14.3. The molecule has 4 aliphatic rings. The quantitative estimate of drug-likeness (QED) is 0.688. The molecule has 8 nitrogen and oxygen atoms in total. The summed E-state index contributed by atoms with van der Waals surface area (Å²) in [6.45, 7) is 3.30. The normalized spacial score (nSPS) is 28.8. The Balaban J connectivity index is 1.39. The zero-order chi connectivity index (χ0) is 24.0. The fourth-order valence-electron chi connectivity index (χ4n) is 6.87. The Bertz CT molecular complexity index is 1210. The molecule has 0 unspecified atom stereocenters. The van der Waals surface area contributed by atoms with Gasteiger partial charge in [0.25, 0.3) is 5.91 Å². The van der Waals surface area contributed by atoms with Crippen molar-refractivity contribution in [1.29, 1.82) is 5.26 Å². The lowest BCUT2D eigenvalue weighted by molar-refractivity contribution is -0.138. The Kier molecular flexibility index (Phi) is 5.45. The lowest BCUT2D eigenvalue weighted by Crippen LogP contribution is -2.56. The highest BCUT2D eigenvalue weighted by molar-refractivity contribution is 6.10. The number of anilines is 2. The average Bonchev–Trinajstić information content (AvgIpc) is 3.54. The molecule has 8 heteroatoms. The topological polar surface area (TPSA) is 92.6 Å². The zero-order valence-corrected chi connectivity index (χ0v) is 19.8. The molecule has 1 aromatic carbocycles. The number of nitrogens with one attached hydrogen (secondary N) is 1. The molecule has 1 N–H and O–H groups in total. The number of carbonyl (C=O) groups is 2. The second kappa shape index (κ2) is 8.65. The monoisotopic (exact) mass is 470 g/mol. The highest BCUT2D eigenvalue weighted by atomic mass is 16.2. The third-order valence-corrected chi connectivity index (χ3v) is 8.26. The van der Waals surface area contributed by atoms with Crippen LogP contribution in [0.1, 0.15) is 43.2 Å². The number of aromatic nitrogens is 1. The van der Waals surface area contributed by atoms with Gasteiger partial charge in [0.2, 0.25) is 5.91 Å². The van der Waals surface area contributed by atoms with Crippen LogP contribution in [0.2, 0.25) is 0 Å². The fourth-order valence-corrected chi connectivity index (χ4v) is 6.87. The van der Waals surface area contributed by atoms with E-state index in [2.05, 4.69) is 32.2 Å². The van der Waals surface area contributed by atoms with Crippen LogP contribution in [0.15, 0.2) is 42.6 Å². The first-order valence-corrected chi connectivity index (χ1v) is 12.7. The van der Waals surface area contributed by atoms with Gasteiger partial charge in [-0.1, -0.05) is 18.2 Å². The Hall–Kier alpha value is -3.44. The molecule has 2 bridgehead atoms. The van der Waals surface area contributed by atoms with E-state index in [0.717, 1.165) is 49.9 Å². The molecule has 3 fully saturated rings. The van der Waals surface area contributed by atoms with E-state index in [1.165, 1.54) is 0 Å². The summed E-state index contributed by atoms with van der Waals surface area (Å²) in [5, 5.41) is 12.8. The Labute approximate surface area is 205 Å². The van der Waals surface area contributed by atoms with Crippen molar-refractivity contribution in [2.45, 2.75) is 43.7 Å². The van der Waals surface area contributed by atoms with E-state index < -0.39 is 5.54 Å². The predicted octanol–water partition coefficient (Wildman–Crippen LogP) is 2.40. The van der Waals surface area contributed by atoms with Gasteiger partial charge in [-0.15, -0.1) is 0 Å². The van der Waals surface area contributed by atoms with Crippen LogP contribution in [0.25, 0.3) is 0 Å². The first-order valence-electron chi connectivity index (χ1n) is 12.7. The third kappa shape index (κ3) is 3.25. The van der Waals surface area contributed by atoms with Crippen molar-refractivity contribution in [3.63, 3.8) is 0 Å². The number of benzene rings is 1. The highest BCUT2D eigenvalue weighted by Gasteiger charge is 2.66. The summed E-state index contributed by atoms with van der Waals surface area (Å²) in [4.78, 5) is 38.8. The standard InChI is InChI=1S/C27H30N6O2/c28-18-19-7-3-11-29-24(19)31-13-5-12-30-25(34)22-17-20-8-4-16-33(20)27(22)21-9-1-2-10-23(21)32(26(27)35)15-6-14-31/h1-3,7,9-11,20,22H,4-6,8,12-17H2,(H,30,34)/t20-,22-,27+/m0/s1. The lowest BCUT2D eigenvalue weighted by atomic mass is 9.78. The van der Waals surface area contributed by atoms with Gasteiger partial charge in [0.1, 0.15) is 17.4 Å². The van der Waals surface area contributed by atoms with Crippen molar-refractivity contribution >= 4 is 23.3 Å². The summed E-state index contributed by atoms with van der Waals surface area (Å²) >= 11 is 0. The van der Waals surface area contributed by atoms with Crippen molar-refractivity contribution in [3.8, 4) is 6.07 Å². The minimum atomic E-state index is -0.898. The molecular formula is C27H30N6O2. The minimum absolute atomic E-state index is 0.0225. The number of nitriles is 1. The van der Waals surface area contributed by atoms with Gasteiger partial charge >= 0.3 is 0 Å². The molecule has 3 saturated heterocycles. The molecule has 35 heavy (non-hydrogen) atoms. The summed E-state index contributed by atoms with van der Waals surface area (Å²) in [6.07, 6.45) is 6.03. The van der Waals surface area contributed by atoms with Gasteiger partial charge in [-0.2, -0.15) is 5.26 Å². The van der Waals surface area contributed by atoms with Crippen molar-refractivity contribution < 1.29 is 9.59 Å². The first kappa shape index (κ1) is 22.1. The number of rotatable bonds is 1. The second-order valence-corrected chi connectivity index (χ2v) is 9.99. The SMILES string of the molecule is N#Cc1cccnc1N1CCCNC(=O)[C@@H]2C[C@@H]3CCCN3[C@@]23C(=O)N(CCC1)c1ccccc13. The molecule has 3 atom stereocenters. The van der Waals surface area contributed by atoms with Gasteiger partial charge < -0.3 is 15.1 Å². The molecule has 0 aliphatic carbocycles. The van der Waals surface area contributed by atoms with Crippen molar-refractivity contribution in [2.24, 2.45) is 5.92 Å². The van der Waals surface area contributed by atoms with Gasteiger partial charge in [-0.05, 0) is 56.8 Å². The molecule has 4 aliphatic heterocycles. The summed E-state index contributed by atoms with van der Waals surface area (Å²) in [6, 6.07) is 14.1. The van der Waals surface area contributed by atoms with Crippen LogP contribution in [0.5, 0.6) is 0 Å². The van der Waals surface area contributed by atoms with Crippen LogP contribution in [0.3, 0.4) is 0 Å². The van der Waals surface area contributed by atoms with Crippen molar-refractivity contribution in [2.75, 3.05) is 42.5 Å². The number of para-hydroxylation sites is 1. The van der Waals surface area contributed by atoms with Gasteiger partial charge in [-0.3, -0.25) is 14.5 Å². The Morgan fingerprint density at radius 3 is 2.77 bits per heavy atom. The molecular weight excluding hydrogens is 440 g/mol. The third-order valence-electron chi connectivity index (χ3n) is 8.26. The van der Waals surface area contributed by atoms with E-state index >= 15 is 0 Å². The van der Waals surface area contributed by atoms with Gasteiger partial charge in [-0.25, -0.2) is 4.98 Å². The van der Waals surface area contributed by atoms with Crippen LogP contribution in [0.4, 0.5) is 11.5 Å². The van der Waals surface area contributed by atoms with Crippen molar-refractivity contribution in [1.82, 2.24) is 15.2 Å². The lowest BCUT2D eigenvalue weighted by Gasteiger charge is -2.37. The van der Waals surface area contributed by atoms with Crippen LogP contribution in [-0.2, 0) is 15.1 Å². The molecule has 1 spiro atoms. The summed E-state index contributed by atoms with van der Waals surface area (Å²) in [5.41, 5.74) is 1.56.